The predicted molar refractivity (Wildman–Crippen MR) is 142 cm³/mol. The van der Waals surface area contributed by atoms with Crippen LogP contribution < -0.4 is 11.1 Å². The summed E-state index contributed by atoms with van der Waals surface area (Å²) in [6, 6.07) is 9.24. The van der Waals surface area contributed by atoms with E-state index in [1.165, 1.54) is 16.8 Å². The number of imidazole rings is 1. The third-order valence-electron chi connectivity index (χ3n) is 8.22. The number of nitrogens with two attached hydrogens (primary N) is 1. The van der Waals surface area contributed by atoms with Crippen LogP contribution >= 0.6 is 0 Å². The average Bonchev–Trinajstić information content (AvgIpc) is 3.44. The fraction of sp³-hybridized carbons (Fsp3) is 0.571. The molecular formula is C28H38N6O2. The molecule has 1 unspecified atom stereocenters. The number of H-pyrrole nitrogens is 1. The summed E-state index contributed by atoms with van der Waals surface area (Å²) in [5, 5.41) is 3.73. The Morgan fingerprint density at radius 1 is 1.14 bits per heavy atom. The second kappa shape index (κ2) is 8.71. The van der Waals surface area contributed by atoms with Crippen molar-refractivity contribution in [2.24, 2.45) is 5.41 Å². The molecule has 2 aliphatic heterocycles. The van der Waals surface area contributed by atoms with E-state index in [2.05, 4.69) is 59.3 Å². The van der Waals surface area contributed by atoms with Crippen LogP contribution in [-0.2, 0) is 22.4 Å². The van der Waals surface area contributed by atoms with Crippen LogP contribution in [0.3, 0.4) is 0 Å². The van der Waals surface area contributed by atoms with Gasteiger partial charge in [0.25, 0.3) is 0 Å². The van der Waals surface area contributed by atoms with Gasteiger partial charge in [0.1, 0.15) is 17.2 Å². The molecule has 0 amide bonds. The summed E-state index contributed by atoms with van der Waals surface area (Å²) in [4.78, 5) is 14.9. The first kappa shape index (κ1) is 23.7. The summed E-state index contributed by atoms with van der Waals surface area (Å²) >= 11 is 0. The number of anilines is 2. The van der Waals surface area contributed by atoms with E-state index in [1.54, 1.807) is 0 Å². The van der Waals surface area contributed by atoms with Gasteiger partial charge in [0, 0.05) is 42.1 Å². The van der Waals surface area contributed by atoms with Crippen LogP contribution in [0.5, 0.6) is 0 Å². The summed E-state index contributed by atoms with van der Waals surface area (Å²) in [7, 11) is 2.26. The number of aryl methyl sites for hydroxylation is 1. The van der Waals surface area contributed by atoms with E-state index in [0.717, 1.165) is 74.4 Å². The number of ether oxygens (including phenoxy) is 2. The quantitative estimate of drug-likeness (QED) is 0.487. The lowest BCUT2D eigenvalue weighted by Crippen LogP contribution is -2.51. The SMILES string of the molecule is Cc1nc2c(C3Cc4c(CN(C)C5CCC6(CC5)OCC(C)(C)CO6)cccc4N3)cc(N)nc2[nH]1. The Morgan fingerprint density at radius 2 is 1.89 bits per heavy atom. The third-order valence-corrected chi connectivity index (χ3v) is 8.22. The maximum absolute atomic E-state index is 6.25. The lowest BCUT2D eigenvalue weighted by Gasteiger charge is -2.47. The highest BCUT2D eigenvalue weighted by molar-refractivity contribution is 5.79. The van der Waals surface area contributed by atoms with Crippen molar-refractivity contribution in [1.82, 2.24) is 19.9 Å². The summed E-state index contributed by atoms with van der Waals surface area (Å²) < 4.78 is 12.5. The second-order valence-corrected chi connectivity index (χ2v) is 11.8. The molecule has 6 rings (SSSR count). The molecule has 8 nitrogen and oxygen atoms in total. The molecule has 1 spiro atoms. The number of aromatic nitrogens is 3. The fourth-order valence-corrected chi connectivity index (χ4v) is 6.11. The Labute approximate surface area is 213 Å². The Bertz CT molecular complexity index is 1260. The zero-order chi connectivity index (χ0) is 25.1. The molecule has 2 aromatic heterocycles. The molecule has 4 N–H and O–H groups in total. The van der Waals surface area contributed by atoms with Gasteiger partial charge in [0.2, 0.25) is 0 Å². The van der Waals surface area contributed by atoms with Crippen LogP contribution in [0.1, 0.15) is 68.1 Å². The molecule has 8 heteroatoms. The third kappa shape index (κ3) is 4.35. The first-order chi connectivity index (χ1) is 17.2. The zero-order valence-electron chi connectivity index (χ0n) is 21.9. The molecule has 1 aliphatic carbocycles. The molecule has 192 valence electrons. The smallest absolute Gasteiger partial charge is 0.168 e. The predicted octanol–water partition coefficient (Wildman–Crippen LogP) is 4.70. The summed E-state index contributed by atoms with van der Waals surface area (Å²) in [6.45, 7) is 8.86. The molecule has 1 atom stereocenters. The monoisotopic (exact) mass is 490 g/mol. The molecule has 3 aliphatic rings. The van der Waals surface area contributed by atoms with Gasteiger partial charge in [0.15, 0.2) is 11.4 Å². The maximum Gasteiger partial charge on any atom is 0.168 e. The minimum absolute atomic E-state index is 0.113. The highest BCUT2D eigenvalue weighted by Crippen LogP contribution is 2.42. The Balaban J connectivity index is 1.15. The molecule has 2 fully saturated rings. The van der Waals surface area contributed by atoms with Crippen molar-refractivity contribution in [3.05, 3.63) is 46.8 Å². The number of fused-ring (bicyclic) bond motifs is 2. The first-order valence-electron chi connectivity index (χ1n) is 13.2. The summed E-state index contributed by atoms with van der Waals surface area (Å²) in [5.41, 5.74) is 13.0. The van der Waals surface area contributed by atoms with Crippen molar-refractivity contribution < 1.29 is 9.47 Å². The van der Waals surface area contributed by atoms with Crippen LogP contribution in [0.2, 0.25) is 0 Å². The lowest BCUT2D eigenvalue weighted by molar-refractivity contribution is -0.312. The van der Waals surface area contributed by atoms with Crippen LogP contribution in [0, 0.1) is 12.3 Å². The molecule has 1 saturated carbocycles. The number of nitrogens with zero attached hydrogens (tertiary/aromatic N) is 3. The molecular weight excluding hydrogens is 452 g/mol. The number of pyridine rings is 1. The zero-order valence-corrected chi connectivity index (χ0v) is 21.9. The second-order valence-electron chi connectivity index (χ2n) is 11.8. The van der Waals surface area contributed by atoms with Gasteiger partial charge in [-0.2, -0.15) is 0 Å². The largest absolute Gasteiger partial charge is 0.384 e. The minimum Gasteiger partial charge on any atom is -0.384 e. The van der Waals surface area contributed by atoms with Crippen molar-refractivity contribution in [1.29, 1.82) is 0 Å². The molecule has 0 bridgehead atoms. The van der Waals surface area contributed by atoms with E-state index >= 15 is 0 Å². The van der Waals surface area contributed by atoms with E-state index < -0.39 is 0 Å². The van der Waals surface area contributed by atoms with Gasteiger partial charge in [-0.1, -0.05) is 26.0 Å². The van der Waals surface area contributed by atoms with Gasteiger partial charge in [-0.3, -0.25) is 4.90 Å². The van der Waals surface area contributed by atoms with Crippen molar-refractivity contribution in [3.63, 3.8) is 0 Å². The standard InChI is InChI=1S/C28H38N6O2/c1-17-30-25-21(13-24(29)33-26(25)31-17)23-12-20-18(6-5-7-22(20)32-23)14-34(4)19-8-10-28(11-9-19)35-15-27(2,3)16-36-28/h5-7,13,19,23,32H,8-12,14-16H2,1-4H3,(H3,29,30,31,33). The number of aromatic amines is 1. The number of hydrogen-bond acceptors (Lipinski definition) is 7. The number of hydrogen-bond donors (Lipinski definition) is 3. The number of nitrogen functional groups attached to an aromatic ring is 1. The molecule has 0 radical (unpaired) electrons. The van der Waals surface area contributed by atoms with E-state index in [4.69, 9.17) is 20.2 Å². The highest BCUT2D eigenvalue weighted by atomic mass is 16.7. The number of benzene rings is 1. The van der Waals surface area contributed by atoms with Crippen molar-refractivity contribution in [2.75, 3.05) is 31.3 Å². The van der Waals surface area contributed by atoms with Gasteiger partial charge >= 0.3 is 0 Å². The summed E-state index contributed by atoms with van der Waals surface area (Å²) in [6.07, 6.45) is 5.04. The number of rotatable bonds is 4. The number of nitrogens with one attached hydrogen (secondary N) is 2. The van der Waals surface area contributed by atoms with Crippen LogP contribution in [-0.4, -0.2) is 51.9 Å². The Hall–Kier alpha value is -2.68. The molecule has 4 heterocycles. The van der Waals surface area contributed by atoms with Gasteiger partial charge in [0.05, 0.1) is 19.3 Å². The van der Waals surface area contributed by atoms with Gasteiger partial charge < -0.3 is 25.5 Å². The van der Waals surface area contributed by atoms with Gasteiger partial charge in [-0.15, -0.1) is 0 Å². The summed E-state index contributed by atoms with van der Waals surface area (Å²) in [5.74, 6) is 1.01. The normalized spacial score (nSPS) is 23.3. The first-order valence-corrected chi connectivity index (χ1v) is 13.2. The Morgan fingerprint density at radius 3 is 2.64 bits per heavy atom. The van der Waals surface area contributed by atoms with Gasteiger partial charge in [-0.05, 0) is 56.5 Å². The average molecular weight is 491 g/mol. The lowest BCUT2D eigenvalue weighted by atomic mass is 9.86. The van der Waals surface area contributed by atoms with E-state index in [-0.39, 0.29) is 17.2 Å². The van der Waals surface area contributed by atoms with Crippen LogP contribution in [0.4, 0.5) is 11.5 Å². The molecule has 1 aromatic carbocycles. The van der Waals surface area contributed by atoms with E-state index in [9.17, 15) is 0 Å². The van der Waals surface area contributed by atoms with E-state index in [1.807, 2.05) is 13.0 Å². The van der Waals surface area contributed by atoms with Crippen molar-refractivity contribution in [2.45, 2.75) is 77.3 Å². The van der Waals surface area contributed by atoms with Gasteiger partial charge in [-0.25, -0.2) is 9.97 Å². The topological polar surface area (TPSA) is 101 Å². The van der Waals surface area contributed by atoms with Crippen LogP contribution in [0.15, 0.2) is 24.3 Å². The highest BCUT2D eigenvalue weighted by Gasteiger charge is 2.43. The fourth-order valence-electron chi connectivity index (χ4n) is 6.11. The van der Waals surface area contributed by atoms with E-state index in [0.29, 0.717) is 11.9 Å². The van der Waals surface area contributed by atoms with Crippen molar-refractivity contribution >= 4 is 22.7 Å². The van der Waals surface area contributed by atoms with Crippen molar-refractivity contribution in [3.8, 4) is 0 Å². The molecule has 36 heavy (non-hydrogen) atoms. The Kier molecular flexibility index (Phi) is 5.74. The molecule has 3 aromatic rings. The maximum atomic E-state index is 6.25. The minimum atomic E-state index is -0.361. The molecule has 1 saturated heterocycles. The van der Waals surface area contributed by atoms with Crippen LogP contribution in [0.25, 0.3) is 11.2 Å².